The summed E-state index contributed by atoms with van der Waals surface area (Å²) in [6, 6.07) is 11.4. The number of benzene rings is 2. The van der Waals surface area contributed by atoms with E-state index in [1.165, 1.54) is 5.56 Å². The molecule has 2 rings (SSSR count). The molecule has 0 aromatic heterocycles. The number of rotatable bonds is 3. The predicted octanol–water partition coefficient (Wildman–Crippen LogP) is 3.87. The Kier molecular flexibility index (Phi) is 4.08. The fourth-order valence-electron chi connectivity index (χ4n) is 2.00. The standard InChI is InChI=1S/C17H19NO2/c1-11-5-8-16(20-4)15(9-11)18-17(19)14-7-6-12(2)13(3)10-14/h5-10H,1-4H3,(H,18,19). The van der Waals surface area contributed by atoms with Gasteiger partial charge in [-0.1, -0.05) is 12.1 Å². The number of nitrogens with one attached hydrogen (secondary N) is 1. The molecule has 2 aromatic carbocycles. The van der Waals surface area contributed by atoms with Crippen molar-refractivity contribution in [2.24, 2.45) is 0 Å². The van der Waals surface area contributed by atoms with E-state index in [2.05, 4.69) is 5.32 Å². The Morgan fingerprint density at radius 1 is 1.00 bits per heavy atom. The number of anilines is 1. The Labute approximate surface area is 119 Å². The van der Waals surface area contributed by atoms with Gasteiger partial charge in [0.1, 0.15) is 5.75 Å². The Hall–Kier alpha value is -2.29. The van der Waals surface area contributed by atoms with E-state index in [0.29, 0.717) is 17.0 Å². The molecular weight excluding hydrogens is 250 g/mol. The number of methoxy groups -OCH3 is 1. The van der Waals surface area contributed by atoms with Crippen molar-refractivity contribution >= 4 is 11.6 Å². The second kappa shape index (κ2) is 5.78. The number of hydrogen-bond donors (Lipinski definition) is 1. The molecule has 0 radical (unpaired) electrons. The first-order valence-corrected chi connectivity index (χ1v) is 6.54. The molecule has 1 amide bonds. The Balaban J connectivity index is 2.27. The van der Waals surface area contributed by atoms with Gasteiger partial charge < -0.3 is 10.1 Å². The summed E-state index contributed by atoms with van der Waals surface area (Å²) < 4.78 is 5.27. The van der Waals surface area contributed by atoms with Crippen LogP contribution in [0.1, 0.15) is 27.0 Å². The molecule has 104 valence electrons. The third kappa shape index (κ3) is 2.99. The SMILES string of the molecule is COc1ccc(C)cc1NC(=O)c1ccc(C)c(C)c1. The summed E-state index contributed by atoms with van der Waals surface area (Å²) in [6.45, 7) is 6.01. The number of hydrogen-bond acceptors (Lipinski definition) is 2. The van der Waals surface area contributed by atoms with Crippen molar-refractivity contribution in [3.8, 4) is 5.75 Å². The van der Waals surface area contributed by atoms with Crippen LogP contribution in [-0.2, 0) is 0 Å². The van der Waals surface area contributed by atoms with Gasteiger partial charge in [-0.25, -0.2) is 0 Å². The summed E-state index contributed by atoms with van der Waals surface area (Å²) in [6.07, 6.45) is 0. The molecule has 0 saturated heterocycles. The molecule has 3 nitrogen and oxygen atoms in total. The largest absolute Gasteiger partial charge is 0.495 e. The van der Waals surface area contributed by atoms with Crippen LogP contribution >= 0.6 is 0 Å². The second-order valence-electron chi connectivity index (χ2n) is 4.96. The van der Waals surface area contributed by atoms with Crippen LogP contribution in [0, 0.1) is 20.8 Å². The number of aryl methyl sites for hydroxylation is 3. The van der Waals surface area contributed by atoms with Crippen molar-refractivity contribution in [2.75, 3.05) is 12.4 Å². The van der Waals surface area contributed by atoms with E-state index in [4.69, 9.17) is 4.74 Å². The molecule has 0 atom stereocenters. The lowest BCUT2D eigenvalue weighted by Crippen LogP contribution is -2.13. The lowest BCUT2D eigenvalue weighted by atomic mass is 10.1. The van der Waals surface area contributed by atoms with E-state index in [1.807, 2.05) is 57.2 Å². The molecule has 20 heavy (non-hydrogen) atoms. The van der Waals surface area contributed by atoms with E-state index in [9.17, 15) is 4.79 Å². The van der Waals surface area contributed by atoms with Crippen molar-refractivity contribution in [3.05, 3.63) is 58.7 Å². The highest BCUT2D eigenvalue weighted by Crippen LogP contribution is 2.25. The molecule has 1 N–H and O–H groups in total. The van der Waals surface area contributed by atoms with Gasteiger partial charge in [0.2, 0.25) is 0 Å². The van der Waals surface area contributed by atoms with Crippen LogP contribution in [0.5, 0.6) is 5.75 Å². The number of carbonyl (C=O) groups excluding carboxylic acids is 1. The molecule has 0 unspecified atom stereocenters. The molecule has 2 aromatic rings. The number of ether oxygens (including phenoxy) is 1. The first-order chi connectivity index (χ1) is 9.51. The zero-order valence-corrected chi connectivity index (χ0v) is 12.3. The third-order valence-electron chi connectivity index (χ3n) is 3.37. The van der Waals surface area contributed by atoms with E-state index in [-0.39, 0.29) is 5.91 Å². The van der Waals surface area contributed by atoms with E-state index in [1.54, 1.807) is 7.11 Å². The highest BCUT2D eigenvalue weighted by Gasteiger charge is 2.10. The van der Waals surface area contributed by atoms with Crippen LogP contribution < -0.4 is 10.1 Å². The van der Waals surface area contributed by atoms with Crippen molar-refractivity contribution in [2.45, 2.75) is 20.8 Å². The summed E-state index contributed by atoms with van der Waals surface area (Å²) in [5.41, 5.74) is 4.69. The van der Waals surface area contributed by atoms with Gasteiger partial charge in [0, 0.05) is 5.56 Å². The van der Waals surface area contributed by atoms with Crippen LogP contribution in [0.2, 0.25) is 0 Å². The van der Waals surface area contributed by atoms with Crippen molar-refractivity contribution < 1.29 is 9.53 Å². The monoisotopic (exact) mass is 269 g/mol. The van der Waals surface area contributed by atoms with Gasteiger partial charge in [-0.3, -0.25) is 4.79 Å². The number of carbonyl (C=O) groups is 1. The van der Waals surface area contributed by atoms with Gasteiger partial charge in [0.25, 0.3) is 5.91 Å². The molecule has 0 aliphatic rings. The summed E-state index contributed by atoms with van der Waals surface area (Å²) in [5.74, 6) is 0.532. The van der Waals surface area contributed by atoms with Crippen LogP contribution in [0.15, 0.2) is 36.4 Å². The average molecular weight is 269 g/mol. The Morgan fingerprint density at radius 3 is 2.40 bits per heavy atom. The van der Waals surface area contributed by atoms with E-state index < -0.39 is 0 Å². The molecule has 0 bridgehead atoms. The fourth-order valence-corrected chi connectivity index (χ4v) is 2.00. The van der Waals surface area contributed by atoms with Gasteiger partial charge in [-0.05, 0) is 61.7 Å². The lowest BCUT2D eigenvalue weighted by Gasteiger charge is -2.11. The van der Waals surface area contributed by atoms with Crippen LogP contribution in [0.4, 0.5) is 5.69 Å². The molecule has 0 saturated carbocycles. The third-order valence-corrected chi connectivity index (χ3v) is 3.37. The van der Waals surface area contributed by atoms with Crippen molar-refractivity contribution in [3.63, 3.8) is 0 Å². The maximum absolute atomic E-state index is 12.3. The van der Waals surface area contributed by atoms with Gasteiger partial charge in [0.05, 0.1) is 12.8 Å². The minimum atomic E-state index is -0.128. The quantitative estimate of drug-likeness (QED) is 0.918. The summed E-state index contributed by atoms with van der Waals surface area (Å²) >= 11 is 0. The van der Waals surface area contributed by atoms with Gasteiger partial charge in [-0.15, -0.1) is 0 Å². The summed E-state index contributed by atoms with van der Waals surface area (Å²) in [5, 5.41) is 2.90. The predicted molar refractivity (Wildman–Crippen MR) is 81.6 cm³/mol. The highest BCUT2D eigenvalue weighted by molar-refractivity contribution is 6.05. The number of amides is 1. The molecule has 0 aliphatic carbocycles. The molecule has 0 aliphatic heterocycles. The average Bonchev–Trinajstić information content (AvgIpc) is 2.42. The van der Waals surface area contributed by atoms with E-state index >= 15 is 0 Å². The molecule has 0 fully saturated rings. The first kappa shape index (κ1) is 14.1. The molecule has 0 heterocycles. The maximum atomic E-state index is 12.3. The van der Waals surface area contributed by atoms with Gasteiger partial charge in [-0.2, -0.15) is 0 Å². The van der Waals surface area contributed by atoms with Crippen molar-refractivity contribution in [1.82, 2.24) is 0 Å². The molecular formula is C17H19NO2. The van der Waals surface area contributed by atoms with Crippen LogP contribution in [0.3, 0.4) is 0 Å². The zero-order chi connectivity index (χ0) is 14.7. The minimum absolute atomic E-state index is 0.128. The topological polar surface area (TPSA) is 38.3 Å². The fraction of sp³-hybridized carbons (Fsp3) is 0.235. The second-order valence-corrected chi connectivity index (χ2v) is 4.96. The maximum Gasteiger partial charge on any atom is 0.255 e. The Morgan fingerprint density at radius 2 is 1.75 bits per heavy atom. The minimum Gasteiger partial charge on any atom is -0.495 e. The van der Waals surface area contributed by atoms with Crippen LogP contribution in [-0.4, -0.2) is 13.0 Å². The van der Waals surface area contributed by atoms with Gasteiger partial charge >= 0.3 is 0 Å². The summed E-state index contributed by atoms with van der Waals surface area (Å²) in [7, 11) is 1.59. The van der Waals surface area contributed by atoms with Crippen molar-refractivity contribution in [1.29, 1.82) is 0 Å². The lowest BCUT2D eigenvalue weighted by molar-refractivity contribution is 0.102. The molecule has 3 heteroatoms. The van der Waals surface area contributed by atoms with Gasteiger partial charge in [0.15, 0.2) is 0 Å². The first-order valence-electron chi connectivity index (χ1n) is 6.54. The summed E-state index contributed by atoms with van der Waals surface area (Å²) in [4.78, 5) is 12.3. The van der Waals surface area contributed by atoms with E-state index in [0.717, 1.165) is 11.1 Å². The highest BCUT2D eigenvalue weighted by atomic mass is 16.5. The zero-order valence-electron chi connectivity index (χ0n) is 12.3. The smallest absolute Gasteiger partial charge is 0.255 e. The Bertz CT molecular complexity index is 647. The molecule has 0 spiro atoms. The normalized spacial score (nSPS) is 10.2. The van der Waals surface area contributed by atoms with Crippen LogP contribution in [0.25, 0.3) is 0 Å².